The maximum absolute atomic E-state index is 12.5. The molecule has 1 aromatic rings. The van der Waals surface area contributed by atoms with Crippen LogP contribution >= 0.6 is 27.3 Å². The number of aliphatic hydroxyl groups excluding tert-OH is 1. The number of thiophene rings is 1. The highest BCUT2D eigenvalue weighted by molar-refractivity contribution is 9.11. The fourth-order valence-corrected chi connectivity index (χ4v) is 6.19. The van der Waals surface area contributed by atoms with E-state index >= 15 is 0 Å². The molecule has 1 saturated heterocycles. The second-order valence-electron chi connectivity index (χ2n) is 4.47. The van der Waals surface area contributed by atoms with E-state index in [-0.39, 0.29) is 12.6 Å². The molecule has 2 heterocycles. The van der Waals surface area contributed by atoms with Gasteiger partial charge in [-0.15, -0.1) is 11.3 Å². The number of aryl methyl sites for hydroxylation is 1. The average Bonchev–Trinajstić information content (AvgIpc) is 2.70. The van der Waals surface area contributed by atoms with Crippen LogP contribution in [0.25, 0.3) is 0 Å². The normalized spacial score (nSPS) is 22.3. The molecule has 1 aliphatic rings. The molecule has 7 heteroatoms. The summed E-state index contributed by atoms with van der Waals surface area (Å²) in [5, 5.41) is 9.32. The number of nitrogens with zero attached hydrogens (tertiary/aromatic N) is 1. The number of hydrogen-bond acceptors (Lipinski definition) is 4. The minimum atomic E-state index is -3.46. The van der Waals surface area contributed by atoms with E-state index in [1.807, 2.05) is 6.92 Å². The third-order valence-electron chi connectivity index (χ3n) is 3.18. The van der Waals surface area contributed by atoms with Crippen LogP contribution in [0.3, 0.4) is 0 Å². The zero-order chi connectivity index (χ0) is 13.3. The molecule has 0 radical (unpaired) electrons. The van der Waals surface area contributed by atoms with Crippen molar-refractivity contribution >= 4 is 37.3 Å². The molecule has 1 fully saturated rings. The first-order valence-electron chi connectivity index (χ1n) is 5.85. The van der Waals surface area contributed by atoms with Crippen LogP contribution in [-0.4, -0.2) is 37.0 Å². The maximum Gasteiger partial charge on any atom is 0.252 e. The molecule has 1 aromatic heterocycles. The minimum Gasteiger partial charge on any atom is -0.395 e. The Hall–Kier alpha value is 0.0500. The highest BCUT2D eigenvalue weighted by Crippen LogP contribution is 2.34. The Bertz CT molecular complexity index is 507. The van der Waals surface area contributed by atoms with E-state index < -0.39 is 10.0 Å². The van der Waals surface area contributed by atoms with Crippen molar-refractivity contribution in [1.29, 1.82) is 0 Å². The van der Waals surface area contributed by atoms with Crippen LogP contribution in [0.4, 0.5) is 0 Å². The lowest BCUT2D eigenvalue weighted by atomic mass is 10.1. The number of halogens is 1. The van der Waals surface area contributed by atoms with Crippen molar-refractivity contribution in [3.8, 4) is 0 Å². The van der Waals surface area contributed by atoms with Gasteiger partial charge in [0.05, 0.1) is 10.4 Å². The van der Waals surface area contributed by atoms with E-state index in [0.717, 1.165) is 28.6 Å². The summed E-state index contributed by atoms with van der Waals surface area (Å²) in [6, 6.07) is 1.41. The van der Waals surface area contributed by atoms with Gasteiger partial charge in [0.25, 0.3) is 10.0 Å². The van der Waals surface area contributed by atoms with Crippen LogP contribution in [0.15, 0.2) is 14.1 Å². The number of hydrogen-bond donors (Lipinski definition) is 1. The van der Waals surface area contributed by atoms with Gasteiger partial charge in [0.1, 0.15) is 4.21 Å². The maximum atomic E-state index is 12.5. The van der Waals surface area contributed by atoms with E-state index in [4.69, 9.17) is 0 Å². The zero-order valence-corrected chi connectivity index (χ0v) is 13.3. The van der Waals surface area contributed by atoms with Crippen LogP contribution < -0.4 is 0 Å². The monoisotopic (exact) mass is 353 g/mol. The van der Waals surface area contributed by atoms with Crippen molar-refractivity contribution in [2.45, 2.75) is 36.4 Å². The molecule has 0 aliphatic carbocycles. The molecule has 1 atom stereocenters. The SMILES string of the molecule is Cc1cc(S(=O)(=O)N2CCCCC2CO)sc1Br. The molecule has 1 aliphatic heterocycles. The largest absolute Gasteiger partial charge is 0.395 e. The van der Waals surface area contributed by atoms with Gasteiger partial charge in [0.2, 0.25) is 0 Å². The smallest absolute Gasteiger partial charge is 0.252 e. The molecule has 0 aromatic carbocycles. The third kappa shape index (κ3) is 2.65. The average molecular weight is 354 g/mol. The Balaban J connectivity index is 2.35. The Kier molecular flexibility index (Phi) is 4.48. The van der Waals surface area contributed by atoms with E-state index in [0.29, 0.717) is 10.8 Å². The first kappa shape index (κ1) is 14.5. The lowest BCUT2D eigenvalue weighted by Crippen LogP contribution is -2.45. The second kappa shape index (κ2) is 5.58. The Morgan fingerprint density at radius 2 is 2.28 bits per heavy atom. The van der Waals surface area contributed by atoms with Gasteiger partial charge in [-0.3, -0.25) is 0 Å². The molecule has 0 saturated carbocycles. The Morgan fingerprint density at radius 3 is 2.83 bits per heavy atom. The second-order valence-corrected chi connectivity index (χ2v) is 8.96. The van der Waals surface area contributed by atoms with Crippen molar-refractivity contribution in [1.82, 2.24) is 4.31 Å². The molecule has 0 spiro atoms. The summed E-state index contributed by atoms with van der Waals surface area (Å²) >= 11 is 4.58. The van der Waals surface area contributed by atoms with Gasteiger partial charge in [-0.05, 0) is 47.3 Å². The molecule has 1 N–H and O–H groups in total. The molecule has 0 bridgehead atoms. The van der Waals surface area contributed by atoms with Gasteiger partial charge >= 0.3 is 0 Å². The molecule has 0 amide bonds. The summed E-state index contributed by atoms with van der Waals surface area (Å²) in [5.74, 6) is 0. The predicted octanol–water partition coefficient (Wildman–Crippen LogP) is 2.35. The van der Waals surface area contributed by atoms with Crippen molar-refractivity contribution < 1.29 is 13.5 Å². The Morgan fingerprint density at radius 1 is 1.56 bits per heavy atom. The Labute approximate surface area is 120 Å². The number of aliphatic hydroxyl groups is 1. The van der Waals surface area contributed by atoms with Crippen molar-refractivity contribution in [3.63, 3.8) is 0 Å². The van der Waals surface area contributed by atoms with E-state index in [2.05, 4.69) is 15.9 Å². The standard InChI is InChI=1S/C11H16BrNO3S2/c1-8-6-10(17-11(8)12)18(15,16)13-5-3-2-4-9(13)7-14/h6,9,14H,2-5,7H2,1H3. The van der Waals surface area contributed by atoms with Gasteiger partial charge in [0.15, 0.2) is 0 Å². The van der Waals surface area contributed by atoms with Gasteiger partial charge in [0, 0.05) is 12.6 Å². The van der Waals surface area contributed by atoms with E-state index in [1.54, 1.807) is 6.07 Å². The lowest BCUT2D eigenvalue weighted by Gasteiger charge is -2.32. The molecule has 2 rings (SSSR count). The third-order valence-corrected chi connectivity index (χ3v) is 7.72. The molecular weight excluding hydrogens is 338 g/mol. The summed E-state index contributed by atoms with van der Waals surface area (Å²) in [4.78, 5) is 0. The number of sulfonamides is 1. The fourth-order valence-electron chi connectivity index (χ4n) is 2.15. The van der Waals surface area contributed by atoms with Gasteiger partial charge in [-0.1, -0.05) is 6.42 Å². The molecule has 18 heavy (non-hydrogen) atoms. The summed E-state index contributed by atoms with van der Waals surface area (Å²) in [7, 11) is -3.46. The minimum absolute atomic E-state index is 0.106. The number of piperidine rings is 1. The molecule has 4 nitrogen and oxygen atoms in total. The summed E-state index contributed by atoms with van der Waals surface area (Å²) < 4.78 is 27.7. The van der Waals surface area contributed by atoms with Crippen LogP contribution in [0.5, 0.6) is 0 Å². The molecular formula is C11H16BrNO3S2. The van der Waals surface area contributed by atoms with Crippen LogP contribution in [0, 0.1) is 6.92 Å². The van der Waals surface area contributed by atoms with Crippen LogP contribution in [0.2, 0.25) is 0 Å². The topological polar surface area (TPSA) is 57.6 Å². The quantitative estimate of drug-likeness (QED) is 0.907. The highest BCUT2D eigenvalue weighted by atomic mass is 79.9. The fraction of sp³-hybridized carbons (Fsp3) is 0.636. The summed E-state index contributed by atoms with van der Waals surface area (Å²) in [5.41, 5.74) is 0.927. The summed E-state index contributed by atoms with van der Waals surface area (Å²) in [6.45, 7) is 2.27. The predicted molar refractivity (Wildman–Crippen MR) is 75.4 cm³/mol. The van der Waals surface area contributed by atoms with Crippen molar-refractivity contribution in [2.75, 3.05) is 13.2 Å². The number of rotatable bonds is 3. The van der Waals surface area contributed by atoms with Gasteiger partial charge in [-0.2, -0.15) is 4.31 Å². The lowest BCUT2D eigenvalue weighted by molar-refractivity contribution is 0.155. The molecule has 1 unspecified atom stereocenters. The van der Waals surface area contributed by atoms with Gasteiger partial charge < -0.3 is 5.11 Å². The van der Waals surface area contributed by atoms with E-state index in [1.165, 1.54) is 15.6 Å². The van der Waals surface area contributed by atoms with E-state index in [9.17, 15) is 13.5 Å². The highest BCUT2D eigenvalue weighted by Gasteiger charge is 2.34. The van der Waals surface area contributed by atoms with Crippen molar-refractivity contribution in [3.05, 3.63) is 15.4 Å². The van der Waals surface area contributed by atoms with Crippen LogP contribution in [0.1, 0.15) is 24.8 Å². The van der Waals surface area contributed by atoms with Gasteiger partial charge in [-0.25, -0.2) is 8.42 Å². The first-order valence-corrected chi connectivity index (χ1v) is 8.90. The molecule has 102 valence electrons. The van der Waals surface area contributed by atoms with Crippen molar-refractivity contribution in [2.24, 2.45) is 0 Å². The van der Waals surface area contributed by atoms with Crippen LogP contribution in [-0.2, 0) is 10.0 Å². The zero-order valence-electron chi connectivity index (χ0n) is 10.1. The first-order chi connectivity index (χ1) is 8.46. The summed E-state index contributed by atoms with van der Waals surface area (Å²) in [6.07, 6.45) is 2.58.